The molecule has 0 saturated heterocycles. The number of ether oxygens (including phenoxy) is 2. The number of benzene rings is 1. The van der Waals surface area contributed by atoms with Crippen LogP contribution in [0.4, 0.5) is 0 Å². The van der Waals surface area contributed by atoms with Gasteiger partial charge in [0.25, 0.3) is 0 Å². The fourth-order valence-corrected chi connectivity index (χ4v) is 2.40. The van der Waals surface area contributed by atoms with Gasteiger partial charge >= 0.3 is 0 Å². The van der Waals surface area contributed by atoms with Crippen LogP contribution in [-0.4, -0.2) is 31.0 Å². The van der Waals surface area contributed by atoms with Gasteiger partial charge < -0.3 is 19.7 Å². The van der Waals surface area contributed by atoms with Crippen molar-refractivity contribution in [3.8, 4) is 11.5 Å². The summed E-state index contributed by atoms with van der Waals surface area (Å²) < 4.78 is 10.5. The molecule has 0 saturated carbocycles. The van der Waals surface area contributed by atoms with Crippen molar-refractivity contribution in [3.05, 3.63) is 23.3 Å². The molecule has 1 aliphatic rings. The van der Waals surface area contributed by atoms with Crippen molar-refractivity contribution >= 4 is 0 Å². The standard InChI is InChI=1S/C13H18O4/c1-16-12-5-9-3-8(7-14)4-11(15)10(9)6-13(12)17-2/h5-6,8,11,14-15H,3-4,7H2,1-2H3/t8-,11-/m1/s1. The summed E-state index contributed by atoms with van der Waals surface area (Å²) in [4.78, 5) is 0. The van der Waals surface area contributed by atoms with Crippen molar-refractivity contribution < 1.29 is 19.7 Å². The Balaban J connectivity index is 2.42. The summed E-state index contributed by atoms with van der Waals surface area (Å²) in [6, 6.07) is 3.71. The Bertz CT molecular complexity index is 403. The van der Waals surface area contributed by atoms with Crippen molar-refractivity contribution in [2.24, 2.45) is 5.92 Å². The third-order valence-electron chi connectivity index (χ3n) is 3.33. The smallest absolute Gasteiger partial charge is 0.161 e. The molecule has 4 nitrogen and oxygen atoms in total. The van der Waals surface area contributed by atoms with E-state index in [0.29, 0.717) is 17.9 Å². The lowest BCUT2D eigenvalue weighted by atomic mass is 9.82. The van der Waals surface area contributed by atoms with E-state index in [1.54, 1.807) is 14.2 Å². The maximum absolute atomic E-state index is 10.0. The second-order valence-electron chi connectivity index (χ2n) is 4.41. The highest BCUT2D eigenvalue weighted by atomic mass is 16.5. The molecule has 0 unspecified atom stereocenters. The third-order valence-corrected chi connectivity index (χ3v) is 3.33. The minimum Gasteiger partial charge on any atom is -0.493 e. The van der Waals surface area contributed by atoms with Crippen LogP contribution >= 0.6 is 0 Å². The Labute approximate surface area is 101 Å². The molecule has 0 aromatic heterocycles. The minimum atomic E-state index is -0.532. The second-order valence-corrected chi connectivity index (χ2v) is 4.41. The zero-order chi connectivity index (χ0) is 12.4. The van der Waals surface area contributed by atoms with E-state index in [-0.39, 0.29) is 12.5 Å². The van der Waals surface area contributed by atoms with Crippen LogP contribution in [0, 0.1) is 5.92 Å². The lowest BCUT2D eigenvalue weighted by Crippen LogP contribution is -2.21. The number of rotatable bonds is 3. The summed E-state index contributed by atoms with van der Waals surface area (Å²) in [5.74, 6) is 1.42. The van der Waals surface area contributed by atoms with E-state index in [9.17, 15) is 10.2 Å². The highest BCUT2D eigenvalue weighted by Gasteiger charge is 2.26. The number of aliphatic hydroxyl groups is 2. The van der Waals surface area contributed by atoms with Crippen molar-refractivity contribution in [3.63, 3.8) is 0 Å². The van der Waals surface area contributed by atoms with Gasteiger partial charge in [0.15, 0.2) is 11.5 Å². The van der Waals surface area contributed by atoms with Gasteiger partial charge in [-0.25, -0.2) is 0 Å². The molecule has 4 heteroatoms. The average molecular weight is 238 g/mol. The molecule has 0 spiro atoms. The molecule has 1 aromatic rings. The van der Waals surface area contributed by atoms with Crippen molar-refractivity contribution in [1.29, 1.82) is 0 Å². The van der Waals surface area contributed by atoms with E-state index in [4.69, 9.17) is 9.47 Å². The summed E-state index contributed by atoms with van der Waals surface area (Å²) in [6.07, 6.45) is 0.832. The first-order chi connectivity index (χ1) is 8.19. The van der Waals surface area contributed by atoms with Crippen LogP contribution in [0.3, 0.4) is 0 Å². The topological polar surface area (TPSA) is 58.9 Å². The maximum atomic E-state index is 10.0. The predicted octanol–water partition coefficient (Wildman–Crippen LogP) is 1.29. The molecular formula is C13H18O4. The Kier molecular flexibility index (Phi) is 3.54. The fraction of sp³-hybridized carbons (Fsp3) is 0.538. The van der Waals surface area contributed by atoms with Crippen LogP contribution in [0.15, 0.2) is 12.1 Å². The molecule has 2 N–H and O–H groups in total. The normalized spacial score (nSPS) is 23.1. The number of hydrogen-bond donors (Lipinski definition) is 2. The summed E-state index contributed by atoms with van der Waals surface area (Å²) in [7, 11) is 3.17. The van der Waals surface area contributed by atoms with Gasteiger partial charge in [0.1, 0.15) is 0 Å². The first-order valence-corrected chi connectivity index (χ1v) is 5.73. The quantitative estimate of drug-likeness (QED) is 0.833. The maximum Gasteiger partial charge on any atom is 0.161 e. The molecule has 0 fully saturated rings. The predicted molar refractivity (Wildman–Crippen MR) is 63.4 cm³/mol. The lowest BCUT2D eigenvalue weighted by molar-refractivity contribution is 0.104. The number of hydrogen-bond acceptors (Lipinski definition) is 4. The van der Waals surface area contributed by atoms with E-state index in [0.717, 1.165) is 17.5 Å². The van der Waals surface area contributed by atoms with E-state index < -0.39 is 6.10 Å². The van der Waals surface area contributed by atoms with E-state index in [2.05, 4.69) is 0 Å². The van der Waals surface area contributed by atoms with Crippen molar-refractivity contribution in [2.45, 2.75) is 18.9 Å². The first-order valence-electron chi connectivity index (χ1n) is 5.73. The molecule has 1 aromatic carbocycles. The van der Waals surface area contributed by atoms with Crippen LogP contribution in [0.2, 0.25) is 0 Å². The third kappa shape index (κ3) is 2.23. The molecule has 2 atom stereocenters. The molecule has 94 valence electrons. The fourth-order valence-electron chi connectivity index (χ4n) is 2.40. The highest BCUT2D eigenvalue weighted by molar-refractivity contribution is 5.49. The Morgan fingerprint density at radius 3 is 2.47 bits per heavy atom. The van der Waals surface area contributed by atoms with Gasteiger partial charge in [-0.05, 0) is 42.0 Å². The molecule has 0 amide bonds. The van der Waals surface area contributed by atoms with Gasteiger partial charge in [-0.3, -0.25) is 0 Å². The van der Waals surface area contributed by atoms with E-state index >= 15 is 0 Å². The van der Waals surface area contributed by atoms with Crippen LogP contribution in [0.1, 0.15) is 23.7 Å². The van der Waals surface area contributed by atoms with Gasteiger partial charge in [-0.15, -0.1) is 0 Å². The monoisotopic (exact) mass is 238 g/mol. The highest BCUT2D eigenvalue weighted by Crippen LogP contribution is 2.39. The first kappa shape index (κ1) is 12.2. The number of aliphatic hydroxyl groups excluding tert-OH is 2. The van der Waals surface area contributed by atoms with Gasteiger partial charge in [0, 0.05) is 6.61 Å². The number of fused-ring (bicyclic) bond motifs is 1. The van der Waals surface area contributed by atoms with Gasteiger partial charge in [0.05, 0.1) is 20.3 Å². The summed E-state index contributed by atoms with van der Waals surface area (Å²) in [5, 5.41) is 19.2. The van der Waals surface area contributed by atoms with Crippen molar-refractivity contribution in [2.75, 3.05) is 20.8 Å². The number of methoxy groups -OCH3 is 2. The summed E-state index contributed by atoms with van der Waals surface area (Å²) in [6.45, 7) is 0.102. The Hall–Kier alpha value is -1.26. The van der Waals surface area contributed by atoms with Crippen LogP contribution in [0.25, 0.3) is 0 Å². The zero-order valence-corrected chi connectivity index (χ0v) is 10.1. The van der Waals surface area contributed by atoms with Crippen molar-refractivity contribution in [1.82, 2.24) is 0 Å². The molecule has 0 bridgehead atoms. The summed E-state index contributed by atoms with van der Waals surface area (Å²) >= 11 is 0. The summed E-state index contributed by atoms with van der Waals surface area (Å²) in [5.41, 5.74) is 1.91. The minimum absolute atomic E-state index is 0.102. The molecule has 0 radical (unpaired) electrons. The van der Waals surface area contributed by atoms with E-state index in [1.807, 2.05) is 12.1 Å². The van der Waals surface area contributed by atoms with Crippen LogP contribution < -0.4 is 9.47 Å². The Morgan fingerprint density at radius 2 is 1.88 bits per heavy atom. The molecular weight excluding hydrogens is 220 g/mol. The molecule has 17 heavy (non-hydrogen) atoms. The van der Waals surface area contributed by atoms with Gasteiger partial charge in [-0.2, -0.15) is 0 Å². The SMILES string of the molecule is COc1cc2c(cc1OC)[C@H](O)C[C@H](CO)C2. The van der Waals surface area contributed by atoms with E-state index in [1.165, 1.54) is 0 Å². The molecule has 2 rings (SSSR count). The second kappa shape index (κ2) is 4.94. The molecule has 0 aliphatic heterocycles. The zero-order valence-electron chi connectivity index (χ0n) is 10.1. The van der Waals surface area contributed by atoms with Crippen LogP contribution in [-0.2, 0) is 6.42 Å². The van der Waals surface area contributed by atoms with Crippen LogP contribution in [0.5, 0.6) is 11.5 Å². The average Bonchev–Trinajstić information content (AvgIpc) is 2.36. The lowest BCUT2D eigenvalue weighted by Gasteiger charge is -2.28. The largest absolute Gasteiger partial charge is 0.493 e. The Morgan fingerprint density at radius 1 is 1.24 bits per heavy atom. The molecule has 0 heterocycles. The molecule has 1 aliphatic carbocycles. The van der Waals surface area contributed by atoms with Gasteiger partial charge in [-0.1, -0.05) is 0 Å². The van der Waals surface area contributed by atoms with Gasteiger partial charge in [0.2, 0.25) is 0 Å².